The van der Waals surface area contributed by atoms with E-state index in [2.05, 4.69) is 5.32 Å². The number of nitrogen functional groups attached to an aromatic ring is 1. The van der Waals surface area contributed by atoms with Gasteiger partial charge < -0.3 is 16.8 Å². The molecule has 2 aromatic carbocycles. The van der Waals surface area contributed by atoms with Crippen molar-refractivity contribution in [1.29, 1.82) is 0 Å². The van der Waals surface area contributed by atoms with Gasteiger partial charge in [-0.25, -0.2) is 0 Å². The smallest absolute Gasteiger partial charge is 0.257 e. The average molecular weight is 241 g/mol. The monoisotopic (exact) mass is 241 g/mol. The van der Waals surface area contributed by atoms with Gasteiger partial charge in [0.25, 0.3) is 5.91 Å². The van der Waals surface area contributed by atoms with Crippen molar-refractivity contribution in [2.45, 2.75) is 6.54 Å². The van der Waals surface area contributed by atoms with Gasteiger partial charge in [-0.3, -0.25) is 4.79 Å². The van der Waals surface area contributed by atoms with E-state index in [0.29, 0.717) is 23.5 Å². The van der Waals surface area contributed by atoms with Crippen LogP contribution in [0.3, 0.4) is 0 Å². The average Bonchev–Trinajstić information content (AvgIpc) is 2.39. The van der Waals surface area contributed by atoms with Crippen molar-refractivity contribution < 1.29 is 4.79 Å². The summed E-state index contributed by atoms with van der Waals surface area (Å²) in [7, 11) is 0. The number of hydrogen-bond acceptors (Lipinski definition) is 3. The lowest BCUT2D eigenvalue weighted by atomic mass is 10.1. The number of rotatable bonds is 3. The lowest BCUT2D eigenvalue weighted by Crippen LogP contribution is -2.15. The Labute approximate surface area is 106 Å². The maximum atomic E-state index is 12.1. The van der Waals surface area contributed by atoms with Gasteiger partial charge in [0.05, 0.1) is 5.56 Å². The third-order valence-corrected chi connectivity index (χ3v) is 2.69. The van der Waals surface area contributed by atoms with Crippen LogP contribution in [0.15, 0.2) is 48.5 Å². The molecule has 0 heterocycles. The molecule has 0 radical (unpaired) electrons. The Hall–Kier alpha value is -2.33. The maximum Gasteiger partial charge on any atom is 0.257 e. The second-order valence-electron chi connectivity index (χ2n) is 3.90. The van der Waals surface area contributed by atoms with Crippen molar-refractivity contribution in [2.24, 2.45) is 5.73 Å². The summed E-state index contributed by atoms with van der Waals surface area (Å²) < 4.78 is 0. The fourth-order valence-corrected chi connectivity index (χ4v) is 1.71. The van der Waals surface area contributed by atoms with Gasteiger partial charge in [0.2, 0.25) is 0 Å². The number of carbonyl (C=O) groups is 1. The molecule has 18 heavy (non-hydrogen) atoms. The van der Waals surface area contributed by atoms with Crippen LogP contribution in [0.25, 0.3) is 0 Å². The van der Waals surface area contributed by atoms with E-state index >= 15 is 0 Å². The van der Waals surface area contributed by atoms with Crippen molar-refractivity contribution in [3.63, 3.8) is 0 Å². The molecule has 0 atom stereocenters. The highest BCUT2D eigenvalue weighted by Crippen LogP contribution is 2.17. The minimum absolute atomic E-state index is 0.228. The second kappa shape index (κ2) is 5.33. The Morgan fingerprint density at radius 2 is 1.72 bits per heavy atom. The molecule has 0 aromatic heterocycles. The van der Waals surface area contributed by atoms with Gasteiger partial charge in [-0.1, -0.05) is 30.3 Å². The summed E-state index contributed by atoms with van der Waals surface area (Å²) in [5.74, 6) is -0.228. The number of nitrogens with two attached hydrogens (primary N) is 2. The molecule has 1 amide bonds. The summed E-state index contributed by atoms with van der Waals surface area (Å²) in [6.07, 6.45) is 0. The number of hydrogen-bond donors (Lipinski definition) is 3. The fraction of sp³-hybridized carbons (Fsp3) is 0.0714. The van der Waals surface area contributed by atoms with E-state index in [9.17, 15) is 4.79 Å². The summed E-state index contributed by atoms with van der Waals surface area (Å²) in [5, 5.41) is 2.82. The van der Waals surface area contributed by atoms with Crippen LogP contribution < -0.4 is 16.8 Å². The standard InChI is InChI=1S/C14H15N3O/c15-9-10-5-1-4-8-13(10)17-14(18)11-6-2-3-7-12(11)16/h1-8H,9,15-16H2,(H,17,18). The molecule has 92 valence electrons. The highest BCUT2D eigenvalue weighted by atomic mass is 16.1. The Kier molecular flexibility index (Phi) is 3.60. The Balaban J connectivity index is 2.24. The SMILES string of the molecule is NCc1ccccc1NC(=O)c1ccccc1N. The zero-order chi connectivity index (χ0) is 13.0. The molecule has 0 aliphatic rings. The molecular formula is C14H15N3O. The van der Waals surface area contributed by atoms with Crippen molar-refractivity contribution in [3.8, 4) is 0 Å². The Morgan fingerprint density at radius 3 is 2.44 bits per heavy atom. The summed E-state index contributed by atoms with van der Waals surface area (Å²) in [6, 6.07) is 14.4. The molecular weight excluding hydrogens is 226 g/mol. The molecule has 0 bridgehead atoms. The zero-order valence-electron chi connectivity index (χ0n) is 9.89. The van der Waals surface area contributed by atoms with Crippen molar-refractivity contribution >= 4 is 17.3 Å². The fourth-order valence-electron chi connectivity index (χ4n) is 1.71. The van der Waals surface area contributed by atoms with E-state index in [1.54, 1.807) is 24.3 Å². The first-order chi connectivity index (χ1) is 8.72. The number of carbonyl (C=O) groups excluding carboxylic acids is 1. The lowest BCUT2D eigenvalue weighted by molar-refractivity contribution is 0.102. The predicted octanol–water partition coefficient (Wildman–Crippen LogP) is 1.98. The highest BCUT2D eigenvalue weighted by molar-refractivity contribution is 6.07. The Morgan fingerprint density at radius 1 is 1.06 bits per heavy atom. The first kappa shape index (κ1) is 12.1. The topological polar surface area (TPSA) is 81.1 Å². The van der Waals surface area contributed by atoms with Gasteiger partial charge >= 0.3 is 0 Å². The number of para-hydroxylation sites is 2. The van der Waals surface area contributed by atoms with Gasteiger partial charge in [-0.15, -0.1) is 0 Å². The highest BCUT2D eigenvalue weighted by Gasteiger charge is 2.10. The van der Waals surface area contributed by atoms with Gasteiger partial charge in [0.15, 0.2) is 0 Å². The molecule has 0 aliphatic heterocycles. The largest absolute Gasteiger partial charge is 0.398 e. The van der Waals surface area contributed by atoms with Crippen LogP contribution in [-0.4, -0.2) is 5.91 Å². The molecule has 5 N–H and O–H groups in total. The van der Waals surface area contributed by atoms with Gasteiger partial charge in [-0.05, 0) is 23.8 Å². The van der Waals surface area contributed by atoms with Crippen molar-refractivity contribution in [1.82, 2.24) is 0 Å². The number of benzene rings is 2. The van der Waals surface area contributed by atoms with Gasteiger partial charge in [-0.2, -0.15) is 0 Å². The van der Waals surface area contributed by atoms with E-state index in [-0.39, 0.29) is 5.91 Å². The normalized spacial score (nSPS) is 10.1. The van der Waals surface area contributed by atoms with Crippen LogP contribution in [0, 0.1) is 0 Å². The van der Waals surface area contributed by atoms with Gasteiger partial charge in [0, 0.05) is 17.9 Å². The lowest BCUT2D eigenvalue weighted by Gasteiger charge is -2.10. The van der Waals surface area contributed by atoms with E-state index in [1.165, 1.54) is 0 Å². The van der Waals surface area contributed by atoms with Gasteiger partial charge in [0.1, 0.15) is 0 Å². The molecule has 0 spiro atoms. The quantitative estimate of drug-likeness (QED) is 0.719. The predicted molar refractivity (Wildman–Crippen MR) is 73.1 cm³/mol. The molecule has 2 aromatic rings. The number of anilines is 2. The molecule has 4 nitrogen and oxygen atoms in total. The van der Waals surface area contributed by atoms with E-state index in [4.69, 9.17) is 11.5 Å². The summed E-state index contributed by atoms with van der Waals surface area (Å²) >= 11 is 0. The summed E-state index contributed by atoms with van der Waals surface area (Å²) in [6.45, 7) is 0.376. The van der Waals surface area contributed by atoms with Crippen LogP contribution in [-0.2, 0) is 6.54 Å². The molecule has 0 aliphatic carbocycles. The number of amides is 1. The minimum Gasteiger partial charge on any atom is -0.398 e. The van der Waals surface area contributed by atoms with Crippen molar-refractivity contribution in [2.75, 3.05) is 11.1 Å². The molecule has 0 unspecified atom stereocenters. The number of nitrogens with one attached hydrogen (secondary N) is 1. The van der Waals surface area contributed by atoms with Crippen molar-refractivity contribution in [3.05, 3.63) is 59.7 Å². The van der Waals surface area contributed by atoms with Crippen LogP contribution >= 0.6 is 0 Å². The van der Waals surface area contributed by atoms with E-state index in [0.717, 1.165) is 5.56 Å². The van der Waals surface area contributed by atoms with Crippen LogP contribution in [0.1, 0.15) is 15.9 Å². The van der Waals surface area contributed by atoms with Crippen LogP contribution in [0.4, 0.5) is 11.4 Å². The Bertz CT molecular complexity index is 566. The molecule has 0 fully saturated rings. The minimum atomic E-state index is -0.228. The molecule has 0 saturated carbocycles. The third kappa shape index (κ3) is 2.49. The van der Waals surface area contributed by atoms with Crippen LogP contribution in [0.2, 0.25) is 0 Å². The van der Waals surface area contributed by atoms with Crippen LogP contribution in [0.5, 0.6) is 0 Å². The molecule has 4 heteroatoms. The molecule has 2 rings (SSSR count). The first-order valence-corrected chi connectivity index (χ1v) is 5.66. The van der Waals surface area contributed by atoms with E-state index < -0.39 is 0 Å². The maximum absolute atomic E-state index is 12.1. The second-order valence-corrected chi connectivity index (χ2v) is 3.90. The summed E-state index contributed by atoms with van der Waals surface area (Å²) in [5.41, 5.74) is 13.9. The zero-order valence-corrected chi connectivity index (χ0v) is 9.89. The summed E-state index contributed by atoms with van der Waals surface area (Å²) in [4.78, 5) is 12.1. The third-order valence-electron chi connectivity index (χ3n) is 2.69. The molecule has 0 saturated heterocycles. The first-order valence-electron chi connectivity index (χ1n) is 5.66. The van der Waals surface area contributed by atoms with E-state index in [1.807, 2.05) is 24.3 Å².